The zero-order valence-electron chi connectivity index (χ0n) is 16.4. The Labute approximate surface area is 189 Å². The number of phenols is 1. The number of thioether (sulfide) groups is 1. The summed E-state index contributed by atoms with van der Waals surface area (Å²) in [5.74, 6) is -0.334. The largest absolute Gasteiger partial charge is 0.506 e. The smallest absolute Gasteiger partial charge is 0.338 e. The number of hydrogen-bond donors (Lipinski definition) is 2. The Morgan fingerprint density at radius 3 is 2.65 bits per heavy atom. The second-order valence-corrected chi connectivity index (χ2v) is 8.82. The Kier molecular flexibility index (Phi) is 6.01. The zero-order chi connectivity index (χ0) is 22.1. The Bertz CT molecular complexity index is 1260. The molecule has 0 aliphatic carbocycles. The molecule has 10 heteroatoms. The van der Waals surface area contributed by atoms with Crippen molar-refractivity contribution in [3.63, 3.8) is 0 Å². The third kappa shape index (κ3) is 4.17. The maximum absolute atomic E-state index is 13.1. The number of carbonyl (C=O) groups is 1. The molecular formula is C21H18BrFN4O3S. The van der Waals surface area contributed by atoms with Crippen LogP contribution in [0.25, 0.3) is 10.9 Å². The van der Waals surface area contributed by atoms with Crippen LogP contribution in [-0.4, -0.2) is 35.5 Å². The van der Waals surface area contributed by atoms with E-state index in [1.807, 2.05) is 11.6 Å². The number of aromatic carboxylic acids is 1. The number of rotatable bonds is 7. The lowest BCUT2D eigenvalue weighted by molar-refractivity contribution is 0.0698. The van der Waals surface area contributed by atoms with E-state index in [1.54, 1.807) is 18.2 Å². The molecule has 7 nitrogen and oxygen atoms in total. The molecule has 0 spiro atoms. The number of phenolic OH excluding ortho intramolecular Hbond substituents is 1. The van der Waals surface area contributed by atoms with Crippen molar-refractivity contribution in [2.75, 3.05) is 0 Å². The molecular weight excluding hydrogens is 487 g/mol. The van der Waals surface area contributed by atoms with E-state index in [0.717, 1.165) is 5.56 Å². The van der Waals surface area contributed by atoms with Crippen LogP contribution in [0.1, 0.15) is 27.2 Å². The van der Waals surface area contributed by atoms with E-state index in [0.29, 0.717) is 38.1 Å². The van der Waals surface area contributed by atoms with E-state index in [-0.39, 0.29) is 23.7 Å². The fourth-order valence-electron chi connectivity index (χ4n) is 3.55. The van der Waals surface area contributed by atoms with Gasteiger partial charge in [0, 0.05) is 35.2 Å². The monoisotopic (exact) mass is 504 g/mol. The zero-order valence-corrected chi connectivity index (χ0v) is 18.8. The molecule has 4 rings (SSSR count). The SMILES string of the molecule is Cn1c(CSCc2ccc(F)cc2)c(C(=O)O)c2c(Cn3cncn3)c(O)c(Br)cc21. The minimum atomic E-state index is -1.07. The van der Waals surface area contributed by atoms with Crippen LogP contribution < -0.4 is 0 Å². The average molecular weight is 505 g/mol. The van der Waals surface area contributed by atoms with E-state index in [1.165, 1.54) is 41.2 Å². The van der Waals surface area contributed by atoms with Gasteiger partial charge in [-0.15, -0.1) is 0 Å². The molecule has 2 N–H and O–H groups in total. The standard InChI is InChI=1S/C21H18BrFN4O3S/c1-26-16-6-15(22)20(28)14(7-27-11-24-10-25-27)18(16)19(21(29)30)17(26)9-31-8-12-2-4-13(23)5-3-12/h2-6,10-11,28H,7-9H2,1H3,(H,29,30). The number of carboxylic acid groups (broad SMARTS) is 1. The quantitative estimate of drug-likeness (QED) is 0.383. The van der Waals surface area contributed by atoms with Gasteiger partial charge in [-0.1, -0.05) is 12.1 Å². The van der Waals surface area contributed by atoms with Gasteiger partial charge in [-0.25, -0.2) is 18.9 Å². The van der Waals surface area contributed by atoms with Gasteiger partial charge in [-0.2, -0.15) is 16.9 Å². The number of aromatic nitrogens is 4. The minimum absolute atomic E-state index is 0.0263. The predicted molar refractivity (Wildman–Crippen MR) is 120 cm³/mol. The van der Waals surface area contributed by atoms with E-state index >= 15 is 0 Å². The van der Waals surface area contributed by atoms with Crippen LogP contribution in [-0.2, 0) is 25.1 Å². The predicted octanol–water partition coefficient (Wildman–Crippen LogP) is 4.56. The molecule has 0 unspecified atom stereocenters. The second kappa shape index (κ2) is 8.72. The Morgan fingerprint density at radius 1 is 1.26 bits per heavy atom. The van der Waals surface area contributed by atoms with Gasteiger partial charge in [0.2, 0.25) is 0 Å². The van der Waals surface area contributed by atoms with Gasteiger partial charge in [0.1, 0.15) is 24.2 Å². The van der Waals surface area contributed by atoms with Crippen LogP contribution in [0, 0.1) is 5.82 Å². The summed E-state index contributed by atoms with van der Waals surface area (Å²) >= 11 is 4.91. The summed E-state index contributed by atoms with van der Waals surface area (Å²) in [6, 6.07) is 7.97. The summed E-state index contributed by atoms with van der Waals surface area (Å²) < 4.78 is 17.0. The molecule has 2 heterocycles. The number of carboxylic acids is 1. The lowest BCUT2D eigenvalue weighted by Gasteiger charge is -2.10. The number of nitrogens with zero attached hydrogens (tertiary/aromatic N) is 4. The van der Waals surface area contributed by atoms with Gasteiger partial charge >= 0.3 is 5.97 Å². The minimum Gasteiger partial charge on any atom is -0.506 e. The Morgan fingerprint density at radius 2 is 2.00 bits per heavy atom. The summed E-state index contributed by atoms with van der Waals surface area (Å²) in [4.78, 5) is 16.2. The number of benzene rings is 2. The second-order valence-electron chi connectivity index (χ2n) is 6.98. The molecule has 0 atom stereocenters. The molecule has 0 bridgehead atoms. The normalized spacial score (nSPS) is 11.3. The van der Waals surface area contributed by atoms with Gasteiger partial charge < -0.3 is 14.8 Å². The van der Waals surface area contributed by atoms with E-state index in [4.69, 9.17) is 0 Å². The van der Waals surface area contributed by atoms with Crippen LogP contribution >= 0.6 is 27.7 Å². The maximum Gasteiger partial charge on any atom is 0.338 e. The van der Waals surface area contributed by atoms with Crippen LogP contribution in [0.4, 0.5) is 4.39 Å². The number of halogens is 2. The molecule has 0 amide bonds. The van der Waals surface area contributed by atoms with E-state index in [9.17, 15) is 19.4 Å². The number of fused-ring (bicyclic) bond motifs is 1. The molecule has 0 fully saturated rings. The fraction of sp³-hybridized carbons (Fsp3) is 0.190. The summed E-state index contributed by atoms with van der Waals surface area (Å²) in [5.41, 5.74) is 2.88. The van der Waals surface area contributed by atoms with Crippen molar-refractivity contribution in [1.82, 2.24) is 19.3 Å². The molecule has 2 aromatic carbocycles. The molecule has 0 saturated heterocycles. The van der Waals surface area contributed by atoms with Crippen molar-refractivity contribution >= 4 is 44.6 Å². The summed E-state index contributed by atoms with van der Waals surface area (Å²) in [5, 5.41) is 25.3. The van der Waals surface area contributed by atoms with Gasteiger partial charge in [0.25, 0.3) is 0 Å². The first-order chi connectivity index (χ1) is 14.9. The highest BCUT2D eigenvalue weighted by molar-refractivity contribution is 9.10. The topological polar surface area (TPSA) is 93.2 Å². The van der Waals surface area contributed by atoms with E-state index < -0.39 is 5.97 Å². The van der Waals surface area contributed by atoms with Crippen LogP contribution in [0.15, 0.2) is 47.5 Å². The van der Waals surface area contributed by atoms with Crippen molar-refractivity contribution in [3.8, 4) is 5.75 Å². The maximum atomic E-state index is 13.1. The van der Waals surface area contributed by atoms with Crippen molar-refractivity contribution < 1.29 is 19.4 Å². The number of aromatic hydroxyl groups is 1. The van der Waals surface area contributed by atoms with Crippen molar-refractivity contribution in [1.29, 1.82) is 0 Å². The molecule has 0 aliphatic heterocycles. The molecule has 160 valence electrons. The summed E-state index contributed by atoms with van der Waals surface area (Å²) in [6.07, 6.45) is 2.89. The lowest BCUT2D eigenvalue weighted by atomic mass is 10.0. The third-order valence-corrected chi connectivity index (χ3v) is 6.68. The lowest BCUT2D eigenvalue weighted by Crippen LogP contribution is -2.05. The summed E-state index contributed by atoms with van der Waals surface area (Å²) in [6.45, 7) is 0.175. The highest BCUT2D eigenvalue weighted by Gasteiger charge is 2.26. The summed E-state index contributed by atoms with van der Waals surface area (Å²) in [7, 11) is 1.81. The highest BCUT2D eigenvalue weighted by Crippen LogP contribution is 2.40. The van der Waals surface area contributed by atoms with Gasteiger partial charge in [-0.3, -0.25) is 0 Å². The van der Waals surface area contributed by atoms with Gasteiger partial charge in [-0.05, 0) is 39.7 Å². The molecule has 0 saturated carbocycles. The molecule has 0 radical (unpaired) electrons. The third-order valence-electron chi connectivity index (χ3n) is 5.06. The number of aryl methyl sites for hydroxylation is 1. The molecule has 31 heavy (non-hydrogen) atoms. The first-order valence-corrected chi connectivity index (χ1v) is 11.2. The van der Waals surface area contributed by atoms with Gasteiger partial charge in [0.15, 0.2) is 0 Å². The Hall–Kier alpha value is -2.85. The first kappa shape index (κ1) is 21.4. The van der Waals surface area contributed by atoms with Crippen molar-refractivity contribution in [2.24, 2.45) is 7.05 Å². The molecule has 4 aromatic rings. The van der Waals surface area contributed by atoms with E-state index in [2.05, 4.69) is 26.0 Å². The van der Waals surface area contributed by atoms with Crippen molar-refractivity contribution in [3.05, 3.63) is 75.7 Å². The van der Waals surface area contributed by atoms with Crippen LogP contribution in [0.2, 0.25) is 0 Å². The average Bonchev–Trinajstić information content (AvgIpc) is 3.34. The van der Waals surface area contributed by atoms with Crippen LogP contribution in [0.5, 0.6) is 5.75 Å². The fourth-order valence-corrected chi connectivity index (χ4v) is 5.07. The van der Waals surface area contributed by atoms with Crippen LogP contribution in [0.3, 0.4) is 0 Å². The Balaban J connectivity index is 1.76. The molecule has 2 aromatic heterocycles. The van der Waals surface area contributed by atoms with Gasteiger partial charge in [0.05, 0.1) is 22.1 Å². The number of hydrogen-bond acceptors (Lipinski definition) is 5. The highest BCUT2D eigenvalue weighted by atomic mass is 79.9. The first-order valence-electron chi connectivity index (χ1n) is 9.26. The van der Waals surface area contributed by atoms with Crippen molar-refractivity contribution in [2.45, 2.75) is 18.1 Å². The molecule has 0 aliphatic rings.